The molecule has 0 aliphatic carbocycles. The zero-order chi connectivity index (χ0) is 16.5. The predicted molar refractivity (Wildman–Crippen MR) is 102 cm³/mol. The lowest BCUT2D eigenvalue weighted by molar-refractivity contribution is 0.400. The van der Waals surface area contributed by atoms with Crippen LogP contribution in [-0.4, -0.2) is 42.3 Å². The maximum absolute atomic E-state index is 5.25. The third-order valence-electron chi connectivity index (χ3n) is 3.21. The normalized spacial score (nSPS) is 10.2. The Morgan fingerprint density at radius 3 is 2.45 bits per heavy atom. The standard InChI is InChI=1S/C15H25N5S2/c1-11-7-5-8-13(12(11)2)17-15(22)19-18-14(21)16-9-6-10-20(3)4/h5,7-8H,6,9-10H2,1-4H3,(H2,16,18,21)(H2,17,19,22). The number of benzene rings is 1. The van der Waals surface area contributed by atoms with Crippen LogP contribution in [0.25, 0.3) is 0 Å². The van der Waals surface area contributed by atoms with Crippen molar-refractivity contribution in [3.05, 3.63) is 29.3 Å². The largest absolute Gasteiger partial charge is 0.361 e. The minimum Gasteiger partial charge on any atom is -0.361 e. The summed E-state index contributed by atoms with van der Waals surface area (Å²) >= 11 is 10.4. The van der Waals surface area contributed by atoms with E-state index in [0.29, 0.717) is 10.2 Å². The van der Waals surface area contributed by atoms with Crippen molar-refractivity contribution in [3.8, 4) is 0 Å². The van der Waals surface area contributed by atoms with Crippen LogP contribution in [0.4, 0.5) is 5.69 Å². The van der Waals surface area contributed by atoms with Gasteiger partial charge >= 0.3 is 0 Å². The van der Waals surface area contributed by atoms with Gasteiger partial charge < -0.3 is 15.5 Å². The molecule has 7 heteroatoms. The fourth-order valence-corrected chi connectivity index (χ4v) is 2.11. The van der Waals surface area contributed by atoms with Gasteiger partial charge in [0.2, 0.25) is 0 Å². The molecule has 0 aliphatic rings. The topological polar surface area (TPSA) is 51.4 Å². The van der Waals surface area contributed by atoms with Crippen LogP contribution in [0, 0.1) is 13.8 Å². The van der Waals surface area contributed by atoms with Gasteiger partial charge in [0, 0.05) is 12.2 Å². The van der Waals surface area contributed by atoms with E-state index >= 15 is 0 Å². The number of nitrogens with zero attached hydrogens (tertiary/aromatic N) is 1. The van der Waals surface area contributed by atoms with Gasteiger partial charge in [-0.15, -0.1) is 0 Å². The highest BCUT2D eigenvalue weighted by atomic mass is 32.1. The molecule has 0 saturated heterocycles. The summed E-state index contributed by atoms with van der Waals surface area (Å²) in [4.78, 5) is 2.14. The first-order valence-electron chi connectivity index (χ1n) is 7.22. The first kappa shape index (κ1) is 18.6. The van der Waals surface area contributed by atoms with Gasteiger partial charge in [-0.2, -0.15) is 0 Å². The van der Waals surface area contributed by atoms with E-state index in [1.807, 2.05) is 12.1 Å². The molecule has 0 aliphatic heterocycles. The zero-order valence-electron chi connectivity index (χ0n) is 13.6. The van der Waals surface area contributed by atoms with Crippen LogP contribution in [0.15, 0.2) is 18.2 Å². The Kier molecular flexibility index (Phi) is 8.08. The summed E-state index contributed by atoms with van der Waals surface area (Å²) < 4.78 is 0. The molecule has 0 amide bonds. The van der Waals surface area contributed by atoms with Crippen molar-refractivity contribution in [2.24, 2.45) is 0 Å². The van der Waals surface area contributed by atoms with Gasteiger partial charge in [-0.05, 0) is 82.5 Å². The Morgan fingerprint density at radius 2 is 1.77 bits per heavy atom. The third kappa shape index (κ3) is 7.02. The Balaban J connectivity index is 2.28. The molecule has 1 aromatic carbocycles. The Hall–Kier alpha value is -1.44. The zero-order valence-corrected chi connectivity index (χ0v) is 15.3. The van der Waals surface area contributed by atoms with Gasteiger partial charge in [-0.1, -0.05) is 12.1 Å². The summed E-state index contributed by atoms with van der Waals surface area (Å²) in [6, 6.07) is 6.06. The van der Waals surface area contributed by atoms with Crippen molar-refractivity contribution in [1.29, 1.82) is 0 Å². The second kappa shape index (κ2) is 9.55. The Morgan fingerprint density at radius 1 is 1.09 bits per heavy atom. The van der Waals surface area contributed by atoms with Gasteiger partial charge in [0.15, 0.2) is 10.2 Å². The van der Waals surface area contributed by atoms with E-state index in [0.717, 1.165) is 25.2 Å². The number of hydrogen-bond donors (Lipinski definition) is 4. The molecule has 0 fully saturated rings. The predicted octanol–water partition coefficient (Wildman–Crippen LogP) is 1.92. The summed E-state index contributed by atoms with van der Waals surface area (Å²) in [6.07, 6.45) is 1.03. The van der Waals surface area contributed by atoms with E-state index < -0.39 is 0 Å². The molecule has 22 heavy (non-hydrogen) atoms. The van der Waals surface area contributed by atoms with Crippen LogP contribution in [0.1, 0.15) is 17.5 Å². The summed E-state index contributed by atoms with van der Waals surface area (Å²) in [5.74, 6) is 0. The van der Waals surface area contributed by atoms with Crippen molar-refractivity contribution in [1.82, 2.24) is 21.1 Å². The summed E-state index contributed by atoms with van der Waals surface area (Å²) in [5.41, 5.74) is 9.15. The quantitative estimate of drug-likeness (QED) is 0.371. The molecule has 0 saturated carbocycles. The molecule has 0 bridgehead atoms. The van der Waals surface area contributed by atoms with Crippen molar-refractivity contribution in [3.63, 3.8) is 0 Å². The first-order chi connectivity index (χ1) is 10.4. The molecule has 4 N–H and O–H groups in total. The molecule has 1 aromatic rings. The molecule has 1 rings (SSSR count). The maximum atomic E-state index is 5.25. The first-order valence-corrected chi connectivity index (χ1v) is 8.03. The smallest absolute Gasteiger partial charge is 0.189 e. The Bertz CT molecular complexity index is 517. The highest BCUT2D eigenvalue weighted by molar-refractivity contribution is 7.80. The van der Waals surface area contributed by atoms with Gasteiger partial charge in [-0.3, -0.25) is 10.9 Å². The number of thiocarbonyl (C=S) groups is 2. The van der Waals surface area contributed by atoms with E-state index in [9.17, 15) is 0 Å². The molecule has 122 valence electrons. The van der Waals surface area contributed by atoms with Crippen LogP contribution in [-0.2, 0) is 0 Å². The van der Waals surface area contributed by atoms with Crippen molar-refractivity contribution in [2.75, 3.05) is 32.5 Å². The van der Waals surface area contributed by atoms with Crippen LogP contribution in [0.3, 0.4) is 0 Å². The number of aryl methyl sites for hydroxylation is 1. The third-order valence-corrected chi connectivity index (χ3v) is 3.66. The summed E-state index contributed by atoms with van der Waals surface area (Å²) in [7, 11) is 4.10. The van der Waals surface area contributed by atoms with E-state index in [-0.39, 0.29) is 0 Å². The number of nitrogens with one attached hydrogen (secondary N) is 4. The fourth-order valence-electron chi connectivity index (χ4n) is 1.80. The monoisotopic (exact) mass is 339 g/mol. The van der Waals surface area contributed by atoms with Crippen molar-refractivity contribution in [2.45, 2.75) is 20.3 Å². The fraction of sp³-hybridized carbons (Fsp3) is 0.467. The number of hydrogen-bond acceptors (Lipinski definition) is 3. The van der Waals surface area contributed by atoms with Gasteiger partial charge in [0.1, 0.15) is 0 Å². The molecule has 0 spiro atoms. The second-order valence-electron chi connectivity index (χ2n) is 5.36. The van der Waals surface area contributed by atoms with E-state index in [1.54, 1.807) is 0 Å². The molecule has 0 unspecified atom stereocenters. The van der Waals surface area contributed by atoms with Crippen LogP contribution in [0.2, 0.25) is 0 Å². The number of hydrazine groups is 1. The van der Waals surface area contributed by atoms with E-state index in [4.69, 9.17) is 24.4 Å². The van der Waals surface area contributed by atoms with Gasteiger partial charge in [-0.25, -0.2) is 0 Å². The minimum atomic E-state index is 0.478. The highest BCUT2D eigenvalue weighted by Crippen LogP contribution is 2.17. The van der Waals surface area contributed by atoms with Gasteiger partial charge in [0.05, 0.1) is 0 Å². The van der Waals surface area contributed by atoms with Crippen LogP contribution < -0.4 is 21.5 Å². The number of anilines is 1. The van der Waals surface area contributed by atoms with Crippen LogP contribution in [0.5, 0.6) is 0 Å². The van der Waals surface area contributed by atoms with E-state index in [1.165, 1.54) is 11.1 Å². The Labute approximate surface area is 143 Å². The average Bonchev–Trinajstić information content (AvgIpc) is 2.46. The highest BCUT2D eigenvalue weighted by Gasteiger charge is 2.03. The molecule has 0 aromatic heterocycles. The molecule has 0 atom stereocenters. The maximum Gasteiger partial charge on any atom is 0.189 e. The van der Waals surface area contributed by atoms with Crippen molar-refractivity contribution < 1.29 is 0 Å². The lowest BCUT2D eigenvalue weighted by atomic mass is 10.1. The molecular formula is C15H25N5S2. The molecule has 5 nitrogen and oxygen atoms in total. The lowest BCUT2D eigenvalue weighted by Gasteiger charge is -2.16. The lowest BCUT2D eigenvalue weighted by Crippen LogP contribution is -2.48. The van der Waals surface area contributed by atoms with Gasteiger partial charge in [0.25, 0.3) is 0 Å². The number of rotatable bonds is 5. The minimum absolute atomic E-state index is 0.478. The summed E-state index contributed by atoms with van der Waals surface area (Å²) in [5, 5.41) is 7.28. The van der Waals surface area contributed by atoms with Crippen molar-refractivity contribution >= 4 is 40.3 Å². The molecule has 0 radical (unpaired) electrons. The SMILES string of the molecule is Cc1cccc(NC(=S)NNC(=S)NCCCN(C)C)c1C. The summed E-state index contributed by atoms with van der Waals surface area (Å²) in [6.45, 7) is 5.98. The van der Waals surface area contributed by atoms with E-state index in [2.05, 4.69) is 60.4 Å². The average molecular weight is 340 g/mol. The molecule has 0 heterocycles. The second-order valence-corrected chi connectivity index (χ2v) is 6.18. The van der Waals surface area contributed by atoms with Crippen LogP contribution >= 0.6 is 24.4 Å². The molecular weight excluding hydrogens is 314 g/mol.